The SMILES string of the molecule is CC(C)(O)c1cnnn1[C@H]1C[C@@H](C(=O)NC2(C(=O)C(N)=O)CCOCC2)N(C(=O)[C@@H](CC2CCCCC2)NC(=O)c2ccc3cc[nH]c3c2)C1. The Kier molecular flexibility index (Phi) is 10.1. The number of hydrogen-bond acceptors (Lipinski definition) is 9. The fourth-order valence-electron chi connectivity index (χ4n) is 7.73. The zero-order valence-corrected chi connectivity index (χ0v) is 28.5. The average Bonchev–Trinajstić information content (AvgIpc) is 3.87. The van der Waals surface area contributed by atoms with Crippen LogP contribution in [0.2, 0.25) is 0 Å². The van der Waals surface area contributed by atoms with Gasteiger partial charge in [0.25, 0.3) is 11.8 Å². The van der Waals surface area contributed by atoms with Crippen LogP contribution in [0.15, 0.2) is 36.7 Å². The third-order valence-electron chi connectivity index (χ3n) is 10.5. The monoisotopic (exact) mass is 690 g/mol. The van der Waals surface area contributed by atoms with Gasteiger partial charge < -0.3 is 36.1 Å². The lowest BCUT2D eigenvalue weighted by atomic mass is 9.84. The highest BCUT2D eigenvalue weighted by molar-refractivity contribution is 6.39. The number of rotatable bonds is 11. The summed E-state index contributed by atoms with van der Waals surface area (Å²) in [6.07, 6.45) is 8.82. The summed E-state index contributed by atoms with van der Waals surface area (Å²) >= 11 is 0. The topological polar surface area (TPSA) is 215 Å². The van der Waals surface area contributed by atoms with Crippen LogP contribution in [0.4, 0.5) is 0 Å². The molecule has 1 aliphatic carbocycles. The van der Waals surface area contributed by atoms with E-state index in [0.717, 1.165) is 43.0 Å². The fourth-order valence-corrected chi connectivity index (χ4v) is 7.73. The Bertz CT molecular complexity index is 1750. The first-order chi connectivity index (χ1) is 23.9. The third-order valence-corrected chi connectivity index (χ3v) is 10.5. The van der Waals surface area contributed by atoms with Crippen molar-refractivity contribution in [3.05, 3.63) is 47.9 Å². The lowest BCUT2D eigenvalue weighted by molar-refractivity contribution is -0.147. The standard InChI is InChI=1S/C35H46N8O7/c1-34(2,49)28-19-38-41-43(28)24-18-27(32(47)40-35(29(44)30(36)45)11-14-50-15-12-35)42(20-24)33(48)26(16-21-6-4-3-5-7-21)39-31(46)23-9-8-22-10-13-37-25(22)17-23/h8-10,13,17,19,21,24,26-27,37,49H,3-7,11-12,14-16,18,20H2,1-2H3,(H2,36,45)(H,39,46)(H,40,47)/t24-,26+,27-/m0/s1. The molecule has 2 saturated heterocycles. The minimum Gasteiger partial charge on any atom is -0.384 e. The van der Waals surface area contributed by atoms with E-state index in [9.17, 15) is 29.1 Å². The number of benzene rings is 1. The van der Waals surface area contributed by atoms with Gasteiger partial charge in [0.2, 0.25) is 17.6 Å². The molecule has 3 aromatic rings. The number of carbonyl (C=O) groups is 5. The lowest BCUT2D eigenvalue weighted by Gasteiger charge is -2.37. The van der Waals surface area contributed by atoms with Gasteiger partial charge in [-0.25, -0.2) is 4.68 Å². The van der Waals surface area contributed by atoms with Gasteiger partial charge in [-0.15, -0.1) is 5.10 Å². The fraction of sp³-hybridized carbons (Fsp3) is 0.571. The van der Waals surface area contributed by atoms with E-state index < -0.39 is 58.7 Å². The van der Waals surface area contributed by atoms with Crippen molar-refractivity contribution in [2.75, 3.05) is 19.8 Å². The molecular weight excluding hydrogens is 644 g/mol. The average molecular weight is 691 g/mol. The second-order valence-corrected chi connectivity index (χ2v) is 14.4. The maximum absolute atomic E-state index is 14.8. The Morgan fingerprint density at radius 2 is 1.86 bits per heavy atom. The van der Waals surface area contributed by atoms with Crippen molar-refractivity contribution in [1.82, 2.24) is 35.5 Å². The highest BCUT2D eigenvalue weighted by Gasteiger charge is 2.49. The van der Waals surface area contributed by atoms with Crippen molar-refractivity contribution >= 4 is 40.3 Å². The summed E-state index contributed by atoms with van der Waals surface area (Å²) in [6, 6.07) is 4.56. The molecule has 15 nitrogen and oxygen atoms in total. The van der Waals surface area contributed by atoms with Crippen LogP contribution in [0.1, 0.15) is 93.7 Å². The number of likely N-dealkylation sites (tertiary alicyclic amines) is 1. The van der Waals surface area contributed by atoms with Crippen molar-refractivity contribution in [3.8, 4) is 0 Å². The summed E-state index contributed by atoms with van der Waals surface area (Å²) < 4.78 is 6.94. The van der Waals surface area contributed by atoms with Crippen LogP contribution in [0.5, 0.6) is 0 Å². The zero-order valence-electron chi connectivity index (χ0n) is 28.5. The van der Waals surface area contributed by atoms with E-state index in [1.54, 1.807) is 32.2 Å². The summed E-state index contributed by atoms with van der Waals surface area (Å²) in [5.74, 6) is -3.40. The summed E-state index contributed by atoms with van der Waals surface area (Å²) in [4.78, 5) is 72.5. The summed E-state index contributed by atoms with van der Waals surface area (Å²) in [5, 5.41) is 25.8. The van der Waals surface area contributed by atoms with Crippen molar-refractivity contribution in [2.45, 2.75) is 101 Å². The van der Waals surface area contributed by atoms with Crippen molar-refractivity contribution in [1.29, 1.82) is 0 Å². The van der Waals surface area contributed by atoms with E-state index in [1.165, 1.54) is 15.8 Å². The molecule has 50 heavy (non-hydrogen) atoms. The number of aromatic nitrogens is 4. The van der Waals surface area contributed by atoms with Gasteiger partial charge in [-0.05, 0) is 49.8 Å². The maximum Gasteiger partial charge on any atom is 0.287 e. The summed E-state index contributed by atoms with van der Waals surface area (Å²) in [5.41, 5.74) is 4.09. The number of amides is 4. The Morgan fingerprint density at radius 1 is 1.12 bits per heavy atom. The van der Waals surface area contributed by atoms with Gasteiger partial charge >= 0.3 is 0 Å². The van der Waals surface area contributed by atoms with Crippen LogP contribution in [-0.4, -0.2) is 96.8 Å². The number of ketones is 1. The Morgan fingerprint density at radius 3 is 2.56 bits per heavy atom. The summed E-state index contributed by atoms with van der Waals surface area (Å²) in [6.45, 7) is 3.47. The van der Waals surface area contributed by atoms with E-state index in [4.69, 9.17) is 10.5 Å². The van der Waals surface area contributed by atoms with Gasteiger partial charge in [-0.2, -0.15) is 0 Å². The zero-order chi connectivity index (χ0) is 35.6. The molecule has 3 fully saturated rings. The Hall–Kier alpha value is -4.63. The molecule has 4 amide bonds. The number of H-pyrrole nitrogens is 1. The molecule has 268 valence electrons. The molecule has 1 aromatic carbocycles. The number of carbonyl (C=O) groups excluding carboxylic acids is 5. The van der Waals surface area contributed by atoms with Crippen molar-refractivity contribution < 1.29 is 33.8 Å². The number of hydrogen-bond donors (Lipinski definition) is 5. The molecular formula is C35H46N8O7. The molecule has 0 bridgehead atoms. The van der Waals surface area contributed by atoms with Crippen LogP contribution in [-0.2, 0) is 29.5 Å². The molecule has 0 unspecified atom stereocenters. The van der Waals surface area contributed by atoms with Gasteiger partial charge in [-0.1, -0.05) is 43.4 Å². The first-order valence-corrected chi connectivity index (χ1v) is 17.4. The predicted octanol–water partition coefficient (Wildman–Crippen LogP) is 1.62. The molecule has 1 saturated carbocycles. The van der Waals surface area contributed by atoms with E-state index in [2.05, 4.69) is 25.9 Å². The third kappa shape index (κ3) is 7.29. The van der Waals surface area contributed by atoms with Crippen LogP contribution < -0.4 is 16.4 Å². The van der Waals surface area contributed by atoms with Crippen LogP contribution in [0, 0.1) is 5.92 Å². The van der Waals surface area contributed by atoms with Gasteiger partial charge in [0.05, 0.1) is 17.9 Å². The minimum absolute atomic E-state index is 0.0225. The lowest BCUT2D eigenvalue weighted by Crippen LogP contribution is -2.64. The molecule has 6 N–H and O–H groups in total. The number of aromatic amines is 1. The highest BCUT2D eigenvalue weighted by Crippen LogP contribution is 2.34. The number of fused-ring (bicyclic) bond motifs is 1. The smallest absolute Gasteiger partial charge is 0.287 e. The molecule has 0 spiro atoms. The van der Waals surface area contributed by atoms with E-state index in [0.29, 0.717) is 17.7 Å². The molecule has 4 heterocycles. The molecule has 6 rings (SSSR count). The number of nitrogens with two attached hydrogens (primary N) is 1. The molecule has 2 aliphatic heterocycles. The molecule has 3 atom stereocenters. The number of nitrogens with one attached hydrogen (secondary N) is 3. The number of Topliss-reactive ketones (excluding diaryl/α,β-unsaturated/α-hetero) is 1. The summed E-state index contributed by atoms with van der Waals surface area (Å²) in [7, 11) is 0. The number of nitrogens with zero attached hydrogens (tertiary/aromatic N) is 4. The highest BCUT2D eigenvalue weighted by atomic mass is 16.5. The Labute approximate surface area is 289 Å². The van der Waals surface area contributed by atoms with Crippen LogP contribution in [0.3, 0.4) is 0 Å². The number of ether oxygens (including phenoxy) is 1. The van der Waals surface area contributed by atoms with E-state index in [1.807, 2.05) is 12.1 Å². The van der Waals surface area contributed by atoms with E-state index in [-0.39, 0.29) is 44.9 Å². The normalized spacial score (nSPS) is 21.9. The number of primary amides is 1. The second-order valence-electron chi connectivity index (χ2n) is 14.4. The second kappa shape index (κ2) is 14.3. The van der Waals surface area contributed by atoms with Crippen LogP contribution >= 0.6 is 0 Å². The Balaban J connectivity index is 1.33. The molecule has 3 aliphatic rings. The quantitative estimate of drug-likeness (QED) is 0.185. The molecule has 0 radical (unpaired) electrons. The minimum atomic E-state index is -1.58. The van der Waals surface area contributed by atoms with Gasteiger partial charge in [-0.3, -0.25) is 24.0 Å². The molecule has 15 heteroatoms. The first kappa shape index (κ1) is 35.2. The van der Waals surface area contributed by atoms with Crippen molar-refractivity contribution in [2.24, 2.45) is 11.7 Å². The van der Waals surface area contributed by atoms with Crippen molar-refractivity contribution in [3.63, 3.8) is 0 Å². The maximum atomic E-state index is 14.8. The van der Waals surface area contributed by atoms with E-state index >= 15 is 0 Å². The van der Waals surface area contributed by atoms with Crippen LogP contribution in [0.25, 0.3) is 10.9 Å². The van der Waals surface area contributed by atoms with Gasteiger partial charge in [0.15, 0.2) is 0 Å². The van der Waals surface area contributed by atoms with Gasteiger partial charge in [0.1, 0.15) is 23.2 Å². The van der Waals surface area contributed by atoms with Gasteiger partial charge in [0, 0.05) is 56.3 Å². The molecule has 2 aromatic heterocycles. The largest absolute Gasteiger partial charge is 0.384 e. The number of aliphatic hydroxyl groups is 1. The predicted molar refractivity (Wildman–Crippen MR) is 180 cm³/mol. The first-order valence-electron chi connectivity index (χ1n) is 17.4.